The fourth-order valence-corrected chi connectivity index (χ4v) is 2.77. The van der Waals surface area contributed by atoms with Crippen LogP contribution in [0.5, 0.6) is 5.75 Å². The lowest BCUT2D eigenvalue weighted by atomic mass is 10.1. The Kier molecular flexibility index (Phi) is 8.30. The first-order chi connectivity index (χ1) is 13.5. The molecule has 0 aliphatic carbocycles. The summed E-state index contributed by atoms with van der Waals surface area (Å²) in [4.78, 5) is 12.5. The van der Waals surface area contributed by atoms with Gasteiger partial charge in [-0.3, -0.25) is 4.79 Å². The van der Waals surface area contributed by atoms with Crippen molar-refractivity contribution >= 4 is 17.7 Å². The summed E-state index contributed by atoms with van der Waals surface area (Å²) in [5, 5.41) is 12.2. The van der Waals surface area contributed by atoms with Gasteiger partial charge in [-0.15, -0.1) is 0 Å². The van der Waals surface area contributed by atoms with E-state index >= 15 is 0 Å². The molecule has 0 aliphatic heterocycles. The zero-order chi connectivity index (χ0) is 20.4. The molecule has 0 saturated heterocycles. The summed E-state index contributed by atoms with van der Waals surface area (Å²) in [6.07, 6.45) is 6.25. The van der Waals surface area contributed by atoms with E-state index < -0.39 is 5.91 Å². The molecule has 0 bridgehead atoms. The first-order valence-corrected chi connectivity index (χ1v) is 9.77. The van der Waals surface area contributed by atoms with Crippen molar-refractivity contribution in [2.24, 2.45) is 0 Å². The van der Waals surface area contributed by atoms with Gasteiger partial charge in [-0.2, -0.15) is 5.26 Å². The topological polar surface area (TPSA) is 62.1 Å². The third-order valence-corrected chi connectivity index (χ3v) is 4.68. The van der Waals surface area contributed by atoms with Gasteiger partial charge in [0.2, 0.25) is 0 Å². The van der Waals surface area contributed by atoms with Crippen LogP contribution in [0.2, 0.25) is 0 Å². The van der Waals surface area contributed by atoms with Crippen molar-refractivity contribution in [3.05, 3.63) is 64.7 Å². The number of nitriles is 1. The van der Waals surface area contributed by atoms with E-state index in [-0.39, 0.29) is 5.57 Å². The smallest absolute Gasteiger partial charge is 0.266 e. The van der Waals surface area contributed by atoms with Gasteiger partial charge < -0.3 is 10.1 Å². The normalized spacial score (nSPS) is 11.0. The van der Waals surface area contributed by atoms with Crippen molar-refractivity contribution in [3.8, 4) is 11.8 Å². The van der Waals surface area contributed by atoms with E-state index in [9.17, 15) is 10.1 Å². The van der Waals surface area contributed by atoms with E-state index in [0.717, 1.165) is 34.5 Å². The summed E-state index contributed by atoms with van der Waals surface area (Å²) >= 11 is 0. The maximum absolute atomic E-state index is 12.5. The minimum Gasteiger partial charge on any atom is -0.494 e. The Hall–Kier alpha value is -3.06. The monoisotopic (exact) mass is 376 g/mol. The second-order valence-corrected chi connectivity index (χ2v) is 6.85. The van der Waals surface area contributed by atoms with Gasteiger partial charge in [0.25, 0.3) is 5.91 Å². The highest BCUT2D eigenvalue weighted by atomic mass is 16.5. The third kappa shape index (κ3) is 6.28. The Morgan fingerprint density at radius 1 is 1.11 bits per heavy atom. The van der Waals surface area contributed by atoms with Crippen LogP contribution in [0.25, 0.3) is 6.08 Å². The van der Waals surface area contributed by atoms with Gasteiger partial charge in [0, 0.05) is 5.69 Å². The number of anilines is 1. The van der Waals surface area contributed by atoms with Crippen molar-refractivity contribution in [3.63, 3.8) is 0 Å². The molecular formula is C24H28N2O2. The highest BCUT2D eigenvalue weighted by molar-refractivity contribution is 6.10. The number of carbonyl (C=O) groups is 1. The summed E-state index contributed by atoms with van der Waals surface area (Å²) in [5.74, 6) is 0.388. The summed E-state index contributed by atoms with van der Waals surface area (Å²) in [7, 11) is 0. The van der Waals surface area contributed by atoms with E-state index in [1.54, 1.807) is 6.08 Å². The summed E-state index contributed by atoms with van der Waals surface area (Å²) < 4.78 is 5.72. The average Bonchev–Trinajstić information content (AvgIpc) is 2.70. The lowest BCUT2D eigenvalue weighted by Crippen LogP contribution is -2.14. The van der Waals surface area contributed by atoms with Crippen LogP contribution in [-0.2, 0) is 4.79 Å². The standard InChI is InChI=1S/C24H28N2O2/c1-4-5-6-7-15-28-22-13-11-20(12-14-22)16-21(17-25)24(27)26-23-10-8-9-18(2)19(23)3/h8-14,16H,4-7,15H2,1-3H3,(H,26,27)/b21-16+. The van der Waals surface area contributed by atoms with Crippen molar-refractivity contribution in [2.75, 3.05) is 11.9 Å². The molecule has 1 N–H and O–H groups in total. The molecule has 0 radical (unpaired) electrons. The average molecular weight is 377 g/mol. The summed E-state index contributed by atoms with van der Waals surface area (Å²) in [6.45, 7) is 6.82. The van der Waals surface area contributed by atoms with Gasteiger partial charge in [0.05, 0.1) is 6.61 Å². The molecule has 0 unspecified atom stereocenters. The molecule has 1 amide bonds. The summed E-state index contributed by atoms with van der Waals surface area (Å²) in [5.41, 5.74) is 3.65. The van der Waals surface area contributed by atoms with Crippen LogP contribution in [0.4, 0.5) is 5.69 Å². The SMILES string of the molecule is CCCCCCOc1ccc(/C=C(\C#N)C(=O)Nc2cccc(C)c2C)cc1. The van der Waals surface area contributed by atoms with Gasteiger partial charge >= 0.3 is 0 Å². The van der Waals surface area contributed by atoms with Crippen molar-refractivity contribution in [1.29, 1.82) is 5.26 Å². The second kappa shape index (κ2) is 10.9. The molecule has 0 aromatic heterocycles. The molecule has 0 saturated carbocycles. The molecule has 0 spiro atoms. The zero-order valence-corrected chi connectivity index (χ0v) is 16.9. The van der Waals surface area contributed by atoms with E-state index in [0.29, 0.717) is 6.61 Å². The van der Waals surface area contributed by atoms with Crippen LogP contribution in [0, 0.1) is 25.2 Å². The number of ether oxygens (including phenoxy) is 1. The number of carbonyl (C=O) groups excluding carboxylic acids is 1. The fraction of sp³-hybridized carbons (Fsp3) is 0.333. The molecule has 146 valence electrons. The number of hydrogen-bond acceptors (Lipinski definition) is 3. The van der Waals surface area contributed by atoms with Crippen LogP contribution >= 0.6 is 0 Å². The number of nitrogens with one attached hydrogen (secondary N) is 1. The van der Waals surface area contributed by atoms with Gasteiger partial charge in [0.15, 0.2) is 0 Å². The Morgan fingerprint density at radius 2 is 1.86 bits per heavy atom. The largest absolute Gasteiger partial charge is 0.494 e. The molecule has 2 aromatic carbocycles. The number of aryl methyl sites for hydroxylation is 1. The number of amides is 1. The molecule has 0 aliphatic rings. The van der Waals surface area contributed by atoms with Crippen LogP contribution in [0.3, 0.4) is 0 Å². The number of rotatable bonds is 9. The van der Waals surface area contributed by atoms with Crippen molar-refractivity contribution < 1.29 is 9.53 Å². The molecule has 2 rings (SSSR count). The maximum Gasteiger partial charge on any atom is 0.266 e. The molecule has 2 aromatic rings. The van der Waals surface area contributed by atoms with Crippen molar-refractivity contribution in [1.82, 2.24) is 0 Å². The number of unbranched alkanes of at least 4 members (excludes halogenated alkanes) is 3. The third-order valence-electron chi connectivity index (χ3n) is 4.68. The quantitative estimate of drug-likeness (QED) is 0.341. The van der Waals surface area contributed by atoms with Gasteiger partial charge in [-0.05, 0) is 61.2 Å². The van der Waals surface area contributed by atoms with E-state index in [4.69, 9.17) is 4.74 Å². The Labute approximate surface area is 167 Å². The minimum atomic E-state index is -0.410. The van der Waals surface area contributed by atoms with Gasteiger partial charge in [-0.25, -0.2) is 0 Å². The van der Waals surface area contributed by atoms with Crippen LogP contribution in [-0.4, -0.2) is 12.5 Å². The predicted molar refractivity (Wildman–Crippen MR) is 114 cm³/mol. The number of benzene rings is 2. The predicted octanol–water partition coefficient (Wildman–Crippen LogP) is 5.81. The van der Waals surface area contributed by atoms with Gasteiger partial charge in [0.1, 0.15) is 17.4 Å². The fourth-order valence-electron chi connectivity index (χ4n) is 2.77. The first kappa shape index (κ1) is 21.2. The molecular weight excluding hydrogens is 348 g/mol. The molecule has 4 heteroatoms. The van der Waals surface area contributed by atoms with Gasteiger partial charge in [-0.1, -0.05) is 50.5 Å². The second-order valence-electron chi connectivity index (χ2n) is 6.85. The Balaban J connectivity index is 2.00. The van der Waals surface area contributed by atoms with Crippen LogP contribution in [0.15, 0.2) is 48.0 Å². The highest BCUT2D eigenvalue weighted by Crippen LogP contribution is 2.20. The number of hydrogen-bond donors (Lipinski definition) is 1. The Bertz CT molecular complexity index is 861. The minimum absolute atomic E-state index is 0.0640. The van der Waals surface area contributed by atoms with E-state index in [1.165, 1.54) is 19.3 Å². The van der Waals surface area contributed by atoms with Crippen molar-refractivity contribution in [2.45, 2.75) is 46.5 Å². The highest BCUT2D eigenvalue weighted by Gasteiger charge is 2.11. The molecule has 28 heavy (non-hydrogen) atoms. The lowest BCUT2D eigenvalue weighted by molar-refractivity contribution is -0.112. The van der Waals surface area contributed by atoms with E-state index in [1.807, 2.05) is 62.4 Å². The summed E-state index contributed by atoms with van der Waals surface area (Å²) in [6, 6.07) is 15.1. The maximum atomic E-state index is 12.5. The Morgan fingerprint density at radius 3 is 2.54 bits per heavy atom. The number of nitrogens with zero attached hydrogens (tertiary/aromatic N) is 1. The molecule has 0 atom stereocenters. The molecule has 0 heterocycles. The molecule has 0 fully saturated rings. The van der Waals surface area contributed by atoms with Crippen LogP contribution in [0.1, 0.15) is 49.3 Å². The first-order valence-electron chi connectivity index (χ1n) is 9.77. The van der Waals surface area contributed by atoms with Crippen LogP contribution < -0.4 is 10.1 Å². The zero-order valence-electron chi connectivity index (χ0n) is 16.9. The molecule has 4 nitrogen and oxygen atoms in total. The lowest BCUT2D eigenvalue weighted by Gasteiger charge is -2.10. The van der Waals surface area contributed by atoms with E-state index in [2.05, 4.69) is 12.2 Å².